The third kappa shape index (κ3) is 3.62. The average Bonchev–Trinajstić information content (AvgIpc) is 3.38. The molecule has 1 N–H and O–H groups in total. The summed E-state index contributed by atoms with van der Waals surface area (Å²) in [6.07, 6.45) is 5.02. The molecule has 136 valence electrons. The van der Waals surface area contributed by atoms with E-state index in [9.17, 15) is 4.79 Å². The molecule has 1 amide bonds. The number of hydrogen-bond acceptors (Lipinski definition) is 5. The largest absolute Gasteiger partial charge is 0.381 e. The Morgan fingerprint density at radius 3 is 2.46 bits per heavy atom. The van der Waals surface area contributed by atoms with Gasteiger partial charge in [-0.25, -0.2) is 0 Å². The van der Waals surface area contributed by atoms with Gasteiger partial charge in [-0.15, -0.1) is 0 Å². The fourth-order valence-electron chi connectivity index (χ4n) is 4.50. The Hall–Kier alpha value is -0.690. The van der Waals surface area contributed by atoms with Gasteiger partial charge in [0.05, 0.1) is 6.61 Å². The van der Waals surface area contributed by atoms with E-state index < -0.39 is 0 Å². The van der Waals surface area contributed by atoms with Crippen molar-refractivity contribution in [1.29, 1.82) is 0 Å². The summed E-state index contributed by atoms with van der Waals surface area (Å²) in [5.41, 5.74) is -0.0371. The van der Waals surface area contributed by atoms with Crippen LogP contribution in [0, 0.1) is 11.8 Å². The quantitative estimate of drug-likeness (QED) is 0.783. The third-order valence-corrected chi connectivity index (χ3v) is 6.10. The van der Waals surface area contributed by atoms with Crippen molar-refractivity contribution in [2.75, 3.05) is 59.6 Å². The van der Waals surface area contributed by atoms with Crippen molar-refractivity contribution in [3.63, 3.8) is 0 Å². The van der Waals surface area contributed by atoms with E-state index in [-0.39, 0.29) is 17.6 Å². The molecular weight excluding hydrogens is 306 g/mol. The van der Waals surface area contributed by atoms with Crippen molar-refractivity contribution in [3.8, 4) is 0 Å². The lowest BCUT2D eigenvalue weighted by Gasteiger charge is -2.56. The highest BCUT2D eigenvalue weighted by molar-refractivity contribution is 5.81. The minimum Gasteiger partial charge on any atom is -0.381 e. The average molecular weight is 337 g/mol. The van der Waals surface area contributed by atoms with Crippen LogP contribution in [0.3, 0.4) is 0 Å². The van der Waals surface area contributed by atoms with Crippen molar-refractivity contribution in [2.45, 2.75) is 37.3 Å². The summed E-state index contributed by atoms with van der Waals surface area (Å²) >= 11 is 0. The maximum Gasteiger partial charge on any atom is 0.239 e. The van der Waals surface area contributed by atoms with E-state index in [0.29, 0.717) is 6.61 Å². The highest BCUT2D eigenvalue weighted by Gasteiger charge is 2.51. The van der Waals surface area contributed by atoms with Gasteiger partial charge in [0.25, 0.3) is 0 Å². The number of rotatable bonds is 5. The molecule has 1 atom stereocenters. The fraction of sp³-hybridized carbons (Fsp3) is 0.944. The molecule has 4 fully saturated rings. The van der Waals surface area contributed by atoms with E-state index in [0.717, 1.165) is 51.2 Å². The first-order valence-corrected chi connectivity index (χ1v) is 9.57. The van der Waals surface area contributed by atoms with Crippen LogP contribution in [0.1, 0.15) is 25.7 Å². The zero-order chi connectivity index (χ0) is 16.6. The highest BCUT2D eigenvalue weighted by Crippen LogP contribution is 2.36. The van der Waals surface area contributed by atoms with Gasteiger partial charge in [-0.05, 0) is 37.5 Å². The van der Waals surface area contributed by atoms with Gasteiger partial charge in [0, 0.05) is 53.0 Å². The molecule has 6 heteroatoms. The normalized spacial score (nSPS) is 31.8. The molecule has 0 radical (unpaired) electrons. The molecule has 0 bridgehead atoms. The maximum atomic E-state index is 12.2. The minimum atomic E-state index is -0.106. The molecule has 1 saturated carbocycles. The molecule has 0 aromatic heterocycles. The Balaban J connectivity index is 1.31. The fourth-order valence-corrected chi connectivity index (χ4v) is 4.50. The van der Waals surface area contributed by atoms with E-state index in [2.05, 4.69) is 15.1 Å². The smallest absolute Gasteiger partial charge is 0.239 e. The second-order valence-corrected chi connectivity index (χ2v) is 8.22. The van der Waals surface area contributed by atoms with Crippen molar-refractivity contribution in [1.82, 2.24) is 15.1 Å². The molecule has 0 unspecified atom stereocenters. The van der Waals surface area contributed by atoms with Crippen molar-refractivity contribution >= 4 is 5.91 Å². The molecule has 1 spiro atoms. The Labute approximate surface area is 144 Å². The van der Waals surface area contributed by atoms with Crippen LogP contribution in [0.2, 0.25) is 0 Å². The van der Waals surface area contributed by atoms with Gasteiger partial charge < -0.3 is 14.8 Å². The Morgan fingerprint density at radius 2 is 1.79 bits per heavy atom. The predicted molar refractivity (Wildman–Crippen MR) is 90.8 cm³/mol. The minimum absolute atomic E-state index is 0.0371. The first kappa shape index (κ1) is 16.8. The van der Waals surface area contributed by atoms with Gasteiger partial charge in [-0.2, -0.15) is 0 Å². The molecule has 0 aromatic rings. The van der Waals surface area contributed by atoms with Gasteiger partial charge in [0.1, 0.15) is 11.6 Å². The Bertz CT molecular complexity index is 456. The summed E-state index contributed by atoms with van der Waals surface area (Å²) in [5.74, 6) is 1.68. The lowest BCUT2D eigenvalue weighted by atomic mass is 9.88. The van der Waals surface area contributed by atoms with Crippen LogP contribution in [0.4, 0.5) is 0 Å². The van der Waals surface area contributed by atoms with Crippen LogP contribution in [0.25, 0.3) is 0 Å². The lowest BCUT2D eigenvalue weighted by molar-refractivity contribution is -0.203. The van der Waals surface area contributed by atoms with Crippen molar-refractivity contribution < 1.29 is 14.3 Å². The standard InChI is InChI=1S/C18H31N3O3/c1-19-17(22)16-10-24-18(13-21(16)9-14-2-3-14)11-20(12-18)8-15-4-6-23-7-5-15/h14-16H,2-13H2,1H3,(H,19,22)/t16-/m0/s1. The summed E-state index contributed by atoms with van der Waals surface area (Å²) in [5, 5.41) is 2.80. The van der Waals surface area contributed by atoms with Crippen LogP contribution < -0.4 is 5.32 Å². The van der Waals surface area contributed by atoms with E-state index in [1.807, 2.05) is 0 Å². The van der Waals surface area contributed by atoms with E-state index in [1.54, 1.807) is 7.05 Å². The Morgan fingerprint density at radius 1 is 1.08 bits per heavy atom. The number of ether oxygens (including phenoxy) is 2. The lowest BCUT2D eigenvalue weighted by Crippen LogP contribution is -2.73. The molecule has 0 aromatic carbocycles. The van der Waals surface area contributed by atoms with Crippen molar-refractivity contribution in [2.24, 2.45) is 11.8 Å². The molecule has 24 heavy (non-hydrogen) atoms. The zero-order valence-corrected chi connectivity index (χ0v) is 14.8. The predicted octanol–water partition coefficient (Wildman–Crippen LogP) is 0.324. The number of likely N-dealkylation sites (N-methyl/N-ethyl adjacent to an activating group) is 1. The first-order chi connectivity index (χ1) is 11.7. The van der Waals surface area contributed by atoms with Crippen LogP contribution in [0.5, 0.6) is 0 Å². The number of nitrogens with one attached hydrogen (secondary N) is 1. The number of nitrogens with zero attached hydrogens (tertiary/aromatic N) is 2. The summed E-state index contributed by atoms with van der Waals surface area (Å²) < 4.78 is 11.7. The number of morpholine rings is 1. The number of carbonyl (C=O) groups excluding carboxylic acids is 1. The van der Waals surface area contributed by atoms with Crippen LogP contribution in [0.15, 0.2) is 0 Å². The SMILES string of the molecule is CNC(=O)[C@@H]1COC2(CN(CC3CCOCC3)C2)CN1CC1CC1. The van der Waals surface area contributed by atoms with E-state index >= 15 is 0 Å². The first-order valence-electron chi connectivity index (χ1n) is 9.57. The van der Waals surface area contributed by atoms with Crippen LogP contribution in [-0.4, -0.2) is 86.9 Å². The number of hydrogen-bond donors (Lipinski definition) is 1. The number of likely N-dealkylation sites (tertiary alicyclic amines) is 1. The van der Waals surface area contributed by atoms with Gasteiger partial charge in [-0.3, -0.25) is 14.6 Å². The van der Waals surface area contributed by atoms with Crippen molar-refractivity contribution in [3.05, 3.63) is 0 Å². The topological polar surface area (TPSA) is 54.0 Å². The van der Waals surface area contributed by atoms with Crippen LogP contribution in [-0.2, 0) is 14.3 Å². The molecule has 3 saturated heterocycles. The van der Waals surface area contributed by atoms with E-state index in [4.69, 9.17) is 9.47 Å². The van der Waals surface area contributed by atoms with Gasteiger partial charge >= 0.3 is 0 Å². The Kier molecular flexibility index (Phi) is 4.82. The molecular formula is C18H31N3O3. The summed E-state index contributed by atoms with van der Waals surface area (Å²) in [4.78, 5) is 17.1. The molecule has 4 rings (SSSR count). The molecule has 1 aliphatic carbocycles. The second kappa shape index (κ2) is 6.90. The molecule has 3 aliphatic heterocycles. The molecule has 6 nitrogen and oxygen atoms in total. The third-order valence-electron chi connectivity index (χ3n) is 6.10. The summed E-state index contributed by atoms with van der Waals surface area (Å²) in [7, 11) is 1.72. The number of amides is 1. The highest BCUT2D eigenvalue weighted by atomic mass is 16.5. The van der Waals surface area contributed by atoms with Crippen LogP contribution >= 0.6 is 0 Å². The maximum absolute atomic E-state index is 12.2. The molecule has 4 aliphatic rings. The summed E-state index contributed by atoms with van der Waals surface area (Å²) in [6.45, 7) is 7.56. The van der Waals surface area contributed by atoms with E-state index in [1.165, 1.54) is 32.2 Å². The zero-order valence-electron chi connectivity index (χ0n) is 14.8. The van der Waals surface area contributed by atoms with Gasteiger partial charge in [0.15, 0.2) is 0 Å². The van der Waals surface area contributed by atoms with Gasteiger partial charge in [0.2, 0.25) is 5.91 Å². The molecule has 3 heterocycles. The number of carbonyl (C=O) groups is 1. The monoisotopic (exact) mass is 337 g/mol. The van der Waals surface area contributed by atoms with Gasteiger partial charge in [-0.1, -0.05) is 0 Å². The summed E-state index contributed by atoms with van der Waals surface area (Å²) in [6, 6.07) is -0.106. The second-order valence-electron chi connectivity index (χ2n) is 8.22.